The Balaban J connectivity index is 3.22. The summed E-state index contributed by atoms with van der Waals surface area (Å²) in [6, 6.07) is 3.92. The van der Waals surface area contributed by atoms with E-state index >= 15 is 0 Å². The third-order valence-corrected chi connectivity index (χ3v) is 2.48. The number of ether oxygens (including phenoxy) is 1. The van der Waals surface area contributed by atoms with Gasteiger partial charge in [-0.2, -0.15) is 0 Å². The maximum atomic E-state index is 12.2. The van der Waals surface area contributed by atoms with Crippen LogP contribution in [0.2, 0.25) is 0 Å². The number of amides is 1. The highest BCUT2D eigenvalue weighted by Crippen LogP contribution is 2.31. The van der Waals surface area contributed by atoms with Crippen molar-refractivity contribution in [2.24, 2.45) is 0 Å². The molecule has 0 aliphatic carbocycles. The van der Waals surface area contributed by atoms with Crippen LogP contribution in [0.5, 0.6) is 5.75 Å². The topological polar surface area (TPSA) is 29.5 Å². The van der Waals surface area contributed by atoms with Gasteiger partial charge in [0.05, 0.1) is 5.56 Å². The van der Waals surface area contributed by atoms with E-state index in [2.05, 4.69) is 20.7 Å². The van der Waals surface area contributed by atoms with Crippen molar-refractivity contribution in [1.29, 1.82) is 0 Å². The van der Waals surface area contributed by atoms with Gasteiger partial charge in [-0.1, -0.05) is 6.07 Å². The van der Waals surface area contributed by atoms with Crippen molar-refractivity contribution in [3.8, 4) is 5.75 Å². The number of benzene rings is 1. The molecular weight excluding hydrogens is 303 g/mol. The number of nitrogens with zero attached hydrogens (tertiary/aromatic N) is 1. The van der Waals surface area contributed by atoms with Gasteiger partial charge in [0.25, 0.3) is 5.91 Å². The molecule has 0 heterocycles. The largest absolute Gasteiger partial charge is 0.573 e. The van der Waals surface area contributed by atoms with Gasteiger partial charge in [0.1, 0.15) is 5.75 Å². The summed E-state index contributed by atoms with van der Waals surface area (Å²) in [5.74, 6) is -1.10. The van der Waals surface area contributed by atoms with Gasteiger partial charge in [0.2, 0.25) is 0 Å². The zero-order valence-corrected chi connectivity index (χ0v) is 10.6. The Morgan fingerprint density at radius 2 is 1.94 bits per heavy atom. The van der Waals surface area contributed by atoms with Crippen molar-refractivity contribution < 1.29 is 22.7 Å². The summed E-state index contributed by atoms with van der Waals surface area (Å²) in [7, 11) is 2.89. The molecule has 7 heteroatoms. The van der Waals surface area contributed by atoms with Crippen LogP contribution < -0.4 is 4.74 Å². The molecular formula is C10H9BrF3NO2. The van der Waals surface area contributed by atoms with E-state index in [4.69, 9.17) is 0 Å². The standard InChI is InChI=1S/C10H9BrF3NO2/c1-15(2)9(16)8-6(11)4-3-5-7(8)17-10(12,13)14/h3-5H,1-2H3. The quantitative estimate of drug-likeness (QED) is 0.840. The van der Waals surface area contributed by atoms with Gasteiger partial charge in [-0.15, -0.1) is 13.2 Å². The monoisotopic (exact) mass is 311 g/mol. The van der Waals surface area contributed by atoms with Crippen LogP contribution in [0.15, 0.2) is 22.7 Å². The number of rotatable bonds is 2. The van der Waals surface area contributed by atoms with Crippen LogP contribution in [-0.2, 0) is 0 Å². The molecule has 0 fully saturated rings. The molecule has 0 atom stereocenters. The summed E-state index contributed by atoms with van der Waals surface area (Å²) >= 11 is 3.03. The highest BCUT2D eigenvalue weighted by atomic mass is 79.9. The number of halogens is 4. The molecule has 0 aliphatic heterocycles. The highest BCUT2D eigenvalue weighted by Gasteiger charge is 2.33. The molecule has 0 saturated carbocycles. The normalized spacial score (nSPS) is 11.2. The molecule has 0 N–H and O–H groups in total. The van der Waals surface area contributed by atoms with Crippen molar-refractivity contribution in [2.45, 2.75) is 6.36 Å². The summed E-state index contributed by atoms with van der Waals surface area (Å²) in [5.41, 5.74) is -0.158. The predicted octanol–water partition coefficient (Wildman–Crippen LogP) is 3.05. The van der Waals surface area contributed by atoms with Crippen molar-refractivity contribution in [1.82, 2.24) is 4.90 Å². The van der Waals surface area contributed by atoms with Crippen LogP contribution in [0.1, 0.15) is 10.4 Å². The fraction of sp³-hybridized carbons (Fsp3) is 0.300. The fourth-order valence-electron chi connectivity index (χ4n) is 1.15. The zero-order valence-electron chi connectivity index (χ0n) is 9.01. The summed E-state index contributed by atoms with van der Waals surface area (Å²) < 4.78 is 40.5. The average molecular weight is 312 g/mol. The van der Waals surface area contributed by atoms with E-state index in [-0.39, 0.29) is 10.0 Å². The second-order valence-corrected chi connectivity index (χ2v) is 4.21. The number of hydrogen-bond donors (Lipinski definition) is 0. The molecule has 0 unspecified atom stereocenters. The molecule has 0 spiro atoms. The third-order valence-electron chi connectivity index (χ3n) is 1.82. The summed E-state index contributed by atoms with van der Waals surface area (Å²) in [6.07, 6.45) is -4.83. The van der Waals surface area contributed by atoms with Crippen LogP contribution in [0.4, 0.5) is 13.2 Å². The maximum Gasteiger partial charge on any atom is 0.573 e. The lowest BCUT2D eigenvalue weighted by molar-refractivity contribution is -0.274. The van der Waals surface area contributed by atoms with Crippen molar-refractivity contribution >= 4 is 21.8 Å². The number of carbonyl (C=O) groups excluding carboxylic acids is 1. The molecule has 1 aromatic carbocycles. The Morgan fingerprint density at radius 3 is 2.41 bits per heavy atom. The Bertz CT molecular complexity index is 432. The van der Waals surface area contributed by atoms with Crippen LogP contribution >= 0.6 is 15.9 Å². The van der Waals surface area contributed by atoms with Crippen molar-refractivity contribution in [3.05, 3.63) is 28.2 Å². The van der Waals surface area contributed by atoms with E-state index in [1.807, 2.05) is 0 Å². The Labute approximate surface area is 104 Å². The Hall–Kier alpha value is -1.24. The second-order valence-electron chi connectivity index (χ2n) is 3.36. The van der Waals surface area contributed by atoms with Gasteiger partial charge >= 0.3 is 6.36 Å². The van der Waals surface area contributed by atoms with Crippen molar-refractivity contribution in [2.75, 3.05) is 14.1 Å². The van der Waals surface area contributed by atoms with Gasteiger partial charge in [-0.3, -0.25) is 4.79 Å². The highest BCUT2D eigenvalue weighted by molar-refractivity contribution is 9.10. The van der Waals surface area contributed by atoms with E-state index in [9.17, 15) is 18.0 Å². The molecule has 1 rings (SSSR count). The van der Waals surface area contributed by atoms with Gasteiger partial charge in [0, 0.05) is 18.6 Å². The lowest BCUT2D eigenvalue weighted by Gasteiger charge is -2.16. The van der Waals surface area contributed by atoms with Crippen LogP contribution in [0, 0.1) is 0 Å². The van der Waals surface area contributed by atoms with Crippen LogP contribution in [-0.4, -0.2) is 31.3 Å². The predicted molar refractivity (Wildman–Crippen MR) is 58.8 cm³/mol. The SMILES string of the molecule is CN(C)C(=O)c1c(Br)cccc1OC(F)(F)F. The molecule has 0 bridgehead atoms. The maximum absolute atomic E-state index is 12.2. The molecule has 0 radical (unpaired) electrons. The second kappa shape index (κ2) is 4.95. The average Bonchev–Trinajstić information content (AvgIpc) is 2.14. The first-order valence-electron chi connectivity index (χ1n) is 4.48. The molecule has 94 valence electrons. The van der Waals surface area contributed by atoms with Crippen LogP contribution in [0.25, 0.3) is 0 Å². The van der Waals surface area contributed by atoms with E-state index in [1.165, 1.54) is 31.1 Å². The molecule has 0 aromatic heterocycles. The molecule has 0 aliphatic rings. The smallest absolute Gasteiger partial charge is 0.405 e. The lowest BCUT2D eigenvalue weighted by atomic mass is 10.2. The molecule has 0 saturated heterocycles. The number of hydrogen-bond acceptors (Lipinski definition) is 2. The third kappa shape index (κ3) is 3.62. The first-order valence-corrected chi connectivity index (χ1v) is 5.27. The van der Waals surface area contributed by atoms with Gasteiger partial charge in [-0.05, 0) is 28.1 Å². The summed E-state index contributed by atoms with van der Waals surface area (Å²) in [6.45, 7) is 0. The Kier molecular flexibility index (Phi) is 4.03. The summed E-state index contributed by atoms with van der Waals surface area (Å²) in [4.78, 5) is 12.9. The van der Waals surface area contributed by atoms with Gasteiger partial charge in [-0.25, -0.2) is 0 Å². The molecule has 17 heavy (non-hydrogen) atoms. The minimum Gasteiger partial charge on any atom is -0.405 e. The molecule has 1 amide bonds. The summed E-state index contributed by atoms with van der Waals surface area (Å²) in [5, 5.41) is 0. The van der Waals surface area contributed by atoms with E-state index < -0.39 is 18.0 Å². The van der Waals surface area contributed by atoms with Crippen molar-refractivity contribution in [3.63, 3.8) is 0 Å². The van der Waals surface area contributed by atoms with E-state index in [0.717, 1.165) is 6.07 Å². The first kappa shape index (κ1) is 13.8. The molecule has 1 aromatic rings. The number of carbonyl (C=O) groups is 1. The van der Waals surface area contributed by atoms with E-state index in [1.54, 1.807) is 0 Å². The lowest BCUT2D eigenvalue weighted by Crippen LogP contribution is -2.25. The number of alkyl halides is 3. The van der Waals surface area contributed by atoms with Gasteiger partial charge < -0.3 is 9.64 Å². The van der Waals surface area contributed by atoms with Crippen LogP contribution in [0.3, 0.4) is 0 Å². The Morgan fingerprint density at radius 1 is 1.35 bits per heavy atom. The van der Waals surface area contributed by atoms with Gasteiger partial charge in [0.15, 0.2) is 0 Å². The first-order chi connectivity index (χ1) is 7.72. The van der Waals surface area contributed by atoms with E-state index in [0.29, 0.717) is 0 Å². The minimum atomic E-state index is -4.83. The zero-order chi connectivity index (χ0) is 13.2. The minimum absolute atomic E-state index is 0.158. The fourth-order valence-corrected chi connectivity index (χ4v) is 1.66. The molecule has 3 nitrogen and oxygen atoms in total.